The zero-order valence-electron chi connectivity index (χ0n) is 20.9. The first-order chi connectivity index (χ1) is 16.5. The van der Waals surface area contributed by atoms with Gasteiger partial charge in [-0.3, -0.25) is 0 Å². The molecule has 1 saturated carbocycles. The van der Waals surface area contributed by atoms with Gasteiger partial charge in [-0.1, -0.05) is 69.5 Å². The van der Waals surface area contributed by atoms with Crippen LogP contribution in [0.5, 0.6) is 5.75 Å². The van der Waals surface area contributed by atoms with Gasteiger partial charge in [0.25, 0.3) is 0 Å². The maximum atomic E-state index is 12.2. The molecule has 0 radical (unpaired) electrons. The Bertz CT molecular complexity index is 923. The van der Waals surface area contributed by atoms with Crippen LogP contribution in [-0.4, -0.2) is 30.9 Å². The number of benzene rings is 2. The molecule has 1 aliphatic carbocycles. The Labute approximate surface area is 205 Å². The van der Waals surface area contributed by atoms with E-state index in [1.807, 2.05) is 25.1 Å². The number of aryl methyl sites for hydroxylation is 1. The second-order valence-electron chi connectivity index (χ2n) is 9.58. The first kappa shape index (κ1) is 26.2. The molecule has 0 heterocycles. The Hall–Kier alpha value is -2.43. The fourth-order valence-electron chi connectivity index (χ4n) is 4.92. The molecular weight excluding hydrogens is 424 g/mol. The third kappa shape index (κ3) is 7.54. The highest BCUT2D eigenvalue weighted by molar-refractivity contribution is 5.89. The van der Waals surface area contributed by atoms with E-state index in [0.29, 0.717) is 11.7 Å². The lowest BCUT2D eigenvalue weighted by molar-refractivity contribution is -0.130. The molecule has 0 spiro atoms. The van der Waals surface area contributed by atoms with Crippen LogP contribution >= 0.6 is 0 Å². The topological polar surface area (TPSA) is 55.8 Å². The number of ether oxygens (including phenoxy) is 2. The number of unbranched alkanes of at least 4 members (excludes halogenated alkanes) is 2. The van der Waals surface area contributed by atoms with Crippen LogP contribution in [0.4, 0.5) is 0 Å². The van der Waals surface area contributed by atoms with Gasteiger partial charge in [-0.2, -0.15) is 0 Å². The van der Waals surface area contributed by atoms with Crippen molar-refractivity contribution in [2.45, 2.75) is 71.1 Å². The third-order valence-corrected chi connectivity index (χ3v) is 6.96. The van der Waals surface area contributed by atoms with Crippen molar-refractivity contribution in [3.63, 3.8) is 0 Å². The number of carbonyl (C=O) groups excluding carboxylic acids is 1. The molecule has 1 fully saturated rings. The van der Waals surface area contributed by atoms with E-state index >= 15 is 0 Å². The smallest absolute Gasteiger partial charge is 0.341 e. The van der Waals surface area contributed by atoms with Crippen LogP contribution in [0.2, 0.25) is 0 Å². The molecule has 1 N–H and O–H groups in total. The van der Waals surface area contributed by atoms with E-state index < -0.39 is 5.97 Å². The highest BCUT2D eigenvalue weighted by atomic mass is 16.5. The number of aliphatic hydroxyl groups excluding tert-OH is 1. The van der Waals surface area contributed by atoms with Crippen LogP contribution in [0.25, 0.3) is 11.1 Å². The molecule has 0 aromatic heterocycles. The summed E-state index contributed by atoms with van der Waals surface area (Å²) in [6.45, 7) is 8.12. The summed E-state index contributed by atoms with van der Waals surface area (Å²) < 4.78 is 10.6. The van der Waals surface area contributed by atoms with Gasteiger partial charge in [-0.25, -0.2) is 4.79 Å². The molecule has 34 heavy (non-hydrogen) atoms. The van der Waals surface area contributed by atoms with Gasteiger partial charge in [0.15, 0.2) is 0 Å². The van der Waals surface area contributed by atoms with Gasteiger partial charge in [-0.15, -0.1) is 0 Å². The summed E-state index contributed by atoms with van der Waals surface area (Å²) in [4.78, 5) is 12.2. The van der Waals surface area contributed by atoms with Gasteiger partial charge < -0.3 is 14.6 Å². The fraction of sp³-hybridized carbons (Fsp3) is 0.500. The Morgan fingerprint density at radius 1 is 1.06 bits per heavy atom. The van der Waals surface area contributed by atoms with Crippen LogP contribution in [0.3, 0.4) is 0 Å². The molecule has 2 aromatic carbocycles. The lowest BCUT2D eigenvalue weighted by Crippen LogP contribution is -2.15. The van der Waals surface area contributed by atoms with Crippen molar-refractivity contribution in [3.8, 4) is 16.9 Å². The minimum atomic E-state index is -0.519. The van der Waals surface area contributed by atoms with E-state index in [-0.39, 0.29) is 25.4 Å². The monoisotopic (exact) mass is 464 g/mol. The van der Waals surface area contributed by atoms with Crippen molar-refractivity contribution in [3.05, 3.63) is 65.7 Å². The lowest BCUT2D eigenvalue weighted by Gasteiger charge is -2.29. The van der Waals surface area contributed by atoms with Crippen molar-refractivity contribution in [1.82, 2.24) is 0 Å². The van der Waals surface area contributed by atoms with Gasteiger partial charge in [-0.05, 0) is 78.8 Å². The van der Waals surface area contributed by atoms with E-state index in [1.165, 1.54) is 62.5 Å². The lowest BCUT2D eigenvalue weighted by atomic mass is 9.77. The van der Waals surface area contributed by atoms with Gasteiger partial charge >= 0.3 is 5.97 Å². The van der Waals surface area contributed by atoms with Crippen molar-refractivity contribution in [2.75, 3.05) is 19.8 Å². The van der Waals surface area contributed by atoms with Gasteiger partial charge in [0.1, 0.15) is 5.75 Å². The summed E-state index contributed by atoms with van der Waals surface area (Å²) in [5, 5.41) is 8.76. The van der Waals surface area contributed by atoms with Crippen molar-refractivity contribution >= 4 is 5.97 Å². The van der Waals surface area contributed by atoms with Gasteiger partial charge in [0, 0.05) is 0 Å². The van der Waals surface area contributed by atoms with Gasteiger partial charge in [0.2, 0.25) is 0 Å². The molecular formula is C30H40O4. The zero-order valence-corrected chi connectivity index (χ0v) is 20.9. The summed E-state index contributed by atoms with van der Waals surface area (Å²) in [5.41, 5.74) is 5.04. The largest absolute Gasteiger partial charge is 0.423 e. The first-order valence-corrected chi connectivity index (χ1v) is 12.8. The zero-order chi connectivity index (χ0) is 24.3. The van der Waals surface area contributed by atoms with E-state index in [4.69, 9.17) is 14.6 Å². The molecule has 0 atom stereocenters. The van der Waals surface area contributed by atoms with Crippen LogP contribution in [0.15, 0.2) is 54.6 Å². The van der Waals surface area contributed by atoms with Crippen LogP contribution < -0.4 is 4.74 Å². The average molecular weight is 465 g/mol. The molecule has 4 nitrogen and oxygen atoms in total. The molecule has 1 aliphatic rings. The van der Waals surface area contributed by atoms with E-state index in [0.717, 1.165) is 17.0 Å². The summed E-state index contributed by atoms with van der Waals surface area (Å²) in [5.74, 6) is 1.59. The Kier molecular flexibility index (Phi) is 10.4. The van der Waals surface area contributed by atoms with Crippen molar-refractivity contribution in [2.24, 2.45) is 5.92 Å². The second kappa shape index (κ2) is 13.5. The average Bonchev–Trinajstić information content (AvgIpc) is 2.85. The molecule has 0 amide bonds. The van der Waals surface area contributed by atoms with Crippen LogP contribution in [-0.2, 0) is 9.53 Å². The molecule has 4 heteroatoms. The molecule has 184 valence electrons. The minimum absolute atomic E-state index is 0.0450. The Morgan fingerprint density at radius 2 is 1.79 bits per heavy atom. The van der Waals surface area contributed by atoms with E-state index in [2.05, 4.69) is 37.8 Å². The third-order valence-electron chi connectivity index (χ3n) is 6.96. The predicted octanol–water partition coefficient (Wildman–Crippen LogP) is 6.99. The highest BCUT2D eigenvalue weighted by Gasteiger charge is 2.22. The minimum Gasteiger partial charge on any atom is -0.423 e. The number of carbonyl (C=O) groups is 1. The number of aliphatic hydroxyl groups is 1. The maximum Gasteiger partial charge on any atom is 0.341 e. The van der Waals surface area contributed by atoms with E-state index in [9.17, 15) is 4.79 Å². The molecule has 0 unspecified atom stereocenters. The van der Waals surface area contributed by atoms with E-state index in [1.54, 1.807) is 0 Å². The normalized spacial score (nSPS) is 18.0. The van der Waals surface area contributed by atoms with Gasteiger partial charge in [0.05, 0.1) is 25.4 Å². The number of rotatable bonds is 12. The first-order valence-electron chi connectivity index (χ1n) is 12.8. The maximum absolute atomic E-state index is 12.2. The number of esters is 1. The van der Waals surface area contributed by atoms with Crippen molar-refractivity contribution < 1.29 is 19.4 Å². The van der Waals surface area contributed by atoms with Crippen molar-refractivity contribution in [1.29, 1.82) is 0 Å². The quantitative estimate of drug-likeness (QED) is 0.159. The second-order valence-corrected chi connectivity index (χ2v) is 9.58. The number of hydrogen-bond donors (Lipinski definition) is 1. The summed E-state index contributed by atoms with van der Waals surface area (Å²) in [6, 6.07) is 14.7. The standard InChI is InChI=1S/C30H40O4/c1-4-5-6-7-24-8-10-25(11-9-24)26-12-14-27(15-13-26)29-17-16-28(20-22(29)2)34-30(32)23(3)21-33-19-18-31/h12-17,20,24-25,31H,3-11,18-19,21H2,1-2H3. The fourth-order valence-corrected chi connectivity index (χ4v) is 4.92. The molecule has 0 aliphatic heterocycles. The Balaban J connectivity index is 1.55. The Morgan fingerprint density at radius 3 is 2.44 bits per heavy atom. The summed E-state index contributed by atoms with van der Waals surface area (Å²) in [6.07, 6.45) is 10.9. The molecule has 3 rings (SSSR count). The number of hydrogen-bond acceptors (Lipinski definition) is 4. The molecule has 0 saturated heterocycles. The predicted molar refractivity (Wildman–Crippen MR) is 138 cm³/mol. The summed E-state index contributed by atoms with van der Waals surface area (Å²) in [7, 11) is 0. The summed E-state index contributed by atoms with van der Waals surface area (Å²) >= 11 is 0. The molecule has 2 aromatic rings. The van der Waals surface area contributed by atoms with Crippen LogP contribution in [0, 0.1) is 12.8 Å². The van der Waals surface area contributed by atoms with Crippen LogP contribution in [0.1, 0.15) is 75.3 Å². The molecule has 0 bridgehead atoms. The highest BCUT2D eigenvalue weighted by Crippen LogP contribution is 2.38. The SMILES string of the molecule is C=C(COCCO)C(=O)Oc1ccc(-c2ccc(C3CCC(CCCCC)CC3)cc2)c(C)c1.